The van der Waals surface area contributed by atoms with Crippen LogP contribution in [-0.4, -0.2) is 33.2 Å². The van der Waals surface area contributed by atoms with Crippen molar-refractivity contribution in [1.82, 2.24) is 20.3 Å². The fourth-order valence-corrected chi connectivity index (χ4v) is 2.79. The lowest BCUT2D eigenvalue weighted by molar-refractivity contribution is -0.118. The van der Waals surface area contributed by atoms with Gasteiger partial charge in [-0.25, -0.2) is 4.98 Å². The summed E-state index contributed by atoms with van der Waals surface area (Å²) in [5.74, 6) is 1.32. The number of carbonyl (C=O) groups is 1. The molecule has 0 aliphatic carbocycles. The van der Waals surface area contributed by atoms with E-state index >= 15 is 0 Å². The van der Waals surface area contributed by atoms with Crippen molar-refractivity contribution < 1.29 is 4.79 Å². The zero-order valence-electron chi connectivity index (χ0n) is 12.0. The number of rotatable bonds is 6. The van der Waals surface area contributed by atoms with Gasteiger partial charge in [-0.1, -0.05) is 12.1 Å². The third kappa shape index (κ3) is 3.85. The molecule has 0 saturated carbocycles. The summed E-state index contributed by atoms with van der Waals surface area (Å²) in [6, 6.07) is 11.7. The molecule has 2 N–H and O–H groups in total. The van der Waals surface area contributed by atoms with Crippen molar-refractivity contribution in [3.63, 3.8) is 0 Å². The molecular formula is C16H16N4OS. The third-order valence-electron chi connectivity index (χ3n) is 3.14. The molecule has 0 bridgehead atoms. The van der Waals surface area contributed by atoms with Crippen LogP contribution in [0.5, 0.6) is 0 Å². The highest BCUT2D eigenvalue weighted by atomic mass is 32.2. The lowest BCUT2D eigenvalue weighted by atomic mass is 10.3. The highest BCUT2D eigenvalue weighted by Crippen LogP contribution is 2.15. The summed E-state index contributed by atoms with van der Waals surface area (Å²) in [6.45, 7) is 0.579. The fourth-order valence-electron chi connectivity index (χ4n) is 2.08. The molecule has 0 aliphatic rings. The second-order valence-corrected chi connectivity index (χ2v) is 5.82. The first-order valence-electron chi connectivity index (χ1n) is 7.04. The van der Waals surface area contributed by atoms with Gasteiger partial charge in [0.25, 0.3) is 0 Å². The number of H-pyrrole nitrogens is 1. The Morgan fingerprint density at radius 1 is 1.18 bits per heavy atom. The van der Waals surface area contributed by atoms with E-state index in [1.54, 1.807) is 12.4 Å². The van der Waals surface area contributed by atoms with Crippen molar-refractivity contribution in [2.75, 3.05) is 12.3 Å². The predicted molar refractivity (Wildman–Crippen MR) is 87.8 cm³/mol. The largest absolute Gasteiger partial charge is 0.355 e. The van der Waals surface area contributed by atoms with Crippen molar-refractivity contribution in [2.24, 2.45) is 0 Å². The van der Waals surface area contributed by atoms with Crippen LogP contribution in [0.3, 0.4) is 0 Å². The number of amides is 1. The van der Waals surface area contributed by atoms with Crippen molar-refractivity contribution in [1.29, 1.82) is 0 Å². The van der Waals surface area contributed by atoms with Crippen LogP contribution < -0.4 is 5.32 Å². The predicted octanol–water partition coefficient (Wildman–Crippen LogP) is 2.41. The fraction of sp³-hybridized carbons (Fsp3) is 0.188. The van der Waals surface area contributed by atoms with E-state index in [-0.39, 0.29) is 5.91 Å². The van der Waals surface area contributed by atoms with E-state index in [2.05, 4.69) is 20.3 Å². The van der Waals surface area contributed by atoms with Crippen LogP contribution >= 0.6 is 11.8 Å². The topological polar surface area (TPSA) is 70.7 Å². The summed E-state index contributed by atoms with van der Waals surface area (Å²) in [7, 11) is 0. The van der Waals surface area contributed by atoms with Crippen molar-refractivity contribution in [3.05, 3.63) is 54.6 Å². The highest BCUT2D eigenvalue weighted by molar-refractivity contribution is 8.00. The molecule has 0 unspecified atom stereocenters. The van der Waals surface area contributed by atoms with Crippen molar-refractivity contribution in [3.8, 4) is 0 Å². The molecule has 0 radical (unpaired) electrons. The molecule has 0 spiro atoms. The van der Waals surface area contributed by atoms with Crippen molar-refractivity contribution in [2.45, 2.75) is 11.3 Å². The number of imidazole rings is 1. The van der Waals surface area contributed by atoms with Crippen LogP contribution in [0.4, 0.5) is 0 Å². The average Bonchev–Trinajstić information content (AvgIpc) is 2.96. The zero-order chi connectivity index (χ0) is 15.2. The molecule has 5 nitrogen and oxygen atoms in total. The lowest BCUT2D eigenvalue weighted by Gasteiger charge is -2.03. The molecule has 0 aliphatic heterocycles. The lowest BCUT2D eigenvalue weighted by Crippen LogP contribution is -2.27. The van der Waals surface area contributed by atoms with Gasteiger partial charge in [0.15, 0.2) is 0 Å². The van der Waals surface area contributed by atoms with Crippen LogP contribution in [-0.2, 0) is 11.2 Å². The maximum atomic E-state index is 11.8. The summed E-state index contributed by atoms with van der Waals surface area (Å²) in [5.41, 5.74) is 1.98. The summed E-state index contributed by atoms with van der Waals surface area (Å²) in [5, 5.41) is 2.91. The van der Waals surface area contributed by atoms with E-state index in [4.69, 9.17) is 0 Å². The van der Waals surface area contributed by atoms with Crippen LogP contribution in [0.15, 0.2) is 53.7 Å². The third-order valence-corrected chi connectivity index (χ3v) is 4.15. The second kappa shape index (κ2) is 7.09. The Kier molecular flexibility index (Phi) is 4.70. The summed E-state index contributed by atoms with van der Waals surface area (Å²) >= 11 is 1.50. The first kappa shape index (κ1) is 14.6. The molecule has 1 aromatic carbocycles. The molecule has 6 heteroatoms. The molecule has 22 heavy (non-hydrogen) atoms. The number of benzene rings is 1. The summed E-state index contributed by atoms with van der Waals surface area (Å²) in [4.78, 5) is 24.5. The number of fused-ring (bicyclic) bond motifs is 1. The zero-order valence-corrected chi connectivity index (χ0v) is 12.8. The van der Waals surface area contributed by atoms with E-state index < -0.39 is 0 Å². The summed E-state index contributed by atoms with van der Waals surface area (Å²) < 4.78 is 0. The van der Waals surface area contributed by atoms with Gasteiger partial charge in [-0.2, -0.15) is 0 Å². The molecule has 3 aromatic rings. The number of nitrogens with one attached hydrogen (secondary N) is 2. The van der Waals surface area contributed by atoms with Gasteiger partial charge in [0.2, 0.25) is 5.91 Å². The second-order valence-electron chi connectivity index (χ2n) is 4.77. The molecule has 1 amide bonds. The van der Waals surface area contributed by atoms with Gasteiger partial charge in [-0.3, -0.25) is 9.78 Å². The Balaban J connectivity index is 1.43. The number of hydrogen-bond donors (Lipinski definition) is 2. The monoisotopic (exact) mass is 312 g/mol. The van der Waals surface area contributed by atoms with Gasteiger partial charge in [0, 0.05) is 30.3 Å². The number of aromatic amines is 1. The van der Waals surface area contributed by atoms with Crippen LogP contribution in [0, 0.1) is 0 Å². The quantitative estimate of drug-likeness (QED) is 0.686. The Hall–Kier alpha value is -2.34. The number of pyridine rings is 1. The van der Waals surface area contributed by atoms with E-state index in [9.17, 15) is 4.79 Å². The number of hydrogen-bond acceptors (Lipinski definition) is 4. The first-order chi connectivity index (χ1) is 10.8. The van der Waals surface area contributed by atoms with E-state index in [0.29, 0.717) is 18.7 Å². The van der Waals surface area contributed by atoms with Crippen LogP contribution in [0.25, 0.3) is 11.0 Å². The molecule has 3 rings (SSSR count). The number of para-hydroxylation sites is 2. The van der Waals surface area contributed by atoms with Gasteiger partial charge >= 0.3 is 0 Å². The Bertz CT molecular complexity index is 724. The highest BCUT2D eigenvalue weighted by Gasteiger charge is 2.05. The first-order valence-corrected chi connectivity index (χ1v) is 8.03. The van der Waals surface area contributed by atoms with Gasteiger partial charge in [-0.15, -0.1) is 11.8 Å². The van der Waals surface area contributed by atoms with E-state index in [1.165, 1.54) is 11.8 Å². The normalized spacial score (nSPS) is 10.7. The molecule has 2 aromatic heterocycles. The standard InChI is InChI=1S/C16H16N4OS/c21-16(11-22-12-5-8-17-9-6-12)18-10-7-15-19-13-3-1-2-4-14(13)20-15/h1-6,8-9H,7,10-11H2,(H,18,21)(H,19,20). The molecular weight excluding hydrogens is 296 g/mol. The number of nitrogens with zero attached hydrogens (tertiary/aromatic N) is 2. The Morgan fingerprint density at radius 2 is 2.00 bits per heavy atom. The van der Waals surface area contributed by atoms with Gasteiger partial charge in [0.1, 0.15) is 5.82 Å². The molecule has 0 saturated heterocycles. The number of thioether (sulfide) groups is 1. The van der Waals surface area contributed by atoms with Crippen molar-refractivity contribution >= 4 is 28.7 Å². The average molecular weight is 312 g/mol. The van der Waals surface area contributed by atoms with E-state index in [0.717, 1.165) is 21.8 Å². The molecule has 0 fully saturated rings. The molecule has 0 atom stereocenters. The molecule has 112 valence electrons. The smallest absolute Gasteiger partial charge is 0.230 e. The van der Waals surface area contributed by atoms with Gasteiger partial charge < -0.3 is 10.3 Å². The van der Waals surface area contributed by atoms with Crippen LogP contribution in [0.1, 0.15) is 5.82 Å². The molecule has 2 heterocycles. The number of aromatic nitrogens is 3. The minimum atomic E-state index is 0.0259. The van der Waals surface area contributed by atoms with Gasteiger partial charge in [-0.05, 0) is 24.3 Å². The Labute approximate surface area is 132 Å². The maximum absolute atomic E-state index is 11.8. The summed E-state index contributed by atoms with van der Waals surface area (Å²) in [6.07, 6.45) is 4.14. The minimum Gasteiger partial charge on any atom is -0.355 e. The van der Waals surface area contributed by atoms with Crippen LogP contribution in [0.2, 0.25) is 0 Å². The maximum Gasteiger partial charge on any atom is 0.230 e. The van der Waals surface area contributed by atoms with Gasteiger partial charge in [0.05, 0.1) is 16.8 Å². The van der Waals surface area contributed by atoms with E-state index in [1.807, 2.05) is 36.4 Å². The Morgan fingerprint density at radius 3 is 2.82 bits per heavy atom. The SMILES string of the molecule is O=C(CSc1ccncc1)NCCc1nc2ccccc2[nH]1. The minimum absolute atomic E-state index is 0.0259. The number of carbonyl (C=O) groups excluding carboxylic acids is 1.